The van der Waals surface area contributed by atoms with E-state index in [0.717, 1.165) is 10.9 Å². The summed E-state index contributed by atoms with van der Waals surface area (Å²) in [6, 6.07) is 8.17. The Balaban J connectivity index is 1.87. The van der Waals surface area contributed by atoms with Gasteiger partial charge in [-0.2, -0.15) is 9.61 Å². The molecule has 0 aliphatic rings. The quantitative estimate of drug-likeness (QED) is 0.526. The summed E-state index contributed by atoms with van der Waals surface area (Å²) in [5.74, 6) is 0.826. The normalized spacial score (nSPS) is 11.2. The average molecular weight is 328 g/mol. The molecule has 0 radical (unpaired) electrons. The highest BCUT2D eigenvalue weighted by Crippen LogP contribution is 2.33. The fourth-order valence-electron chi connectivity index (χ4n) is 2.40. The number of nitrogens with zero attached hydrogens (tertiary/aromatic N) is 3. The summed E-state index contributed by atoms with van der Waals surface area (Å²) in [4.78, 5) is 15.7. The van der Waals surface area contributed by atoms with Gasteiger partial charge in [0.2, 0.25) is 5.88 Å². The van der Waals surface area contributed by atoms with Gasteiger partial charge >= 0.3 is 5.63 Å². The zero-order valence-electron chi connectivity index (χ0n) is 12.0. The fourth-order valence-corrected chi connectivity index (χ4v) is 2.60. The minimum absolute atomic E-state index is 0.371. The predicted molar refractivity (Wildman–Crippen MR) is 85.3 cm³/mol. The molecule has 23 heavy (non-hydrogen) atoms. The van der Waals surface area contributed by atoms with E-state index in [-0.39, 0.29) is 0 Å². The third kappa shape index (κ3) is 2.33. The van der Waals surface area contributed by atoms with Gasteiger partial charge in [-0.15, -0.1) is 0 Å². The minimum Gasteiger partial charge on any atom is -0.437 e. The number of hydrogen-bond acceptors (Lipinski definition) is 5. The van der Waals surface area contributed by atoms with Crippen LogP contribution in [-0.4, -0.2) is 14.6 Å². The lowest BCUT2D eigenvalue weighted by Gasteiger charge is -2.10. The number of halogens is 1. The number of hydrogen-bond donors (Lipinski definition) is 0. The van der Waals surface area contributed by atoms with Crippen LogP contribution in [-0.2, 0) is 0 Å². The molecule has 0 N–H and O–H groups in total. The second kappa shape index (κ2) is 5.10. The van der Waals surface area contributed by atoms with E-state index in [1.54, 1.807) is 41.2 Å². The van der Waals surface area contributed by atoms with E-state index in [4.69, 9.17) is 20.8 Å². The molecule has 1 aromatic carbocycles. The SMILES string of the molecule is Cc1cc(=O)oc2cc(Oc3ccnc4ccnn34)c(Cl)cc12. The molecule has 7 heteroatoms. The molecule has 0 amide bonds. The first-order valence-electron chi connectivity index (χ1n) is 6.82. The van der Waals surface area contributed by atoms with E-state index in [1.165, 1.54) is 6.07 Å². The summed E-state index contributed by atoms with van der Waals surface area (Å²) in [5.41, 5.74) is 1.45. The van der Waals surface area contributed by atoms with Crippen molar-refractivity contribution in [3.63, 3.8) is 0 Å². The summed E-state index contributed by atoms with van der Waals surface area (Å²) in [6.45, 7) is 1.83. The van der Waals surface area contributed by atoms with Gasteiger partial charge in [-0.25, -0.2) is 9.78 Å². The molecule has 0 aliphatic carbocycles. The number of aryl methyl sites for hydroxylation is 1. The largest absolute Gasteiger partial charge is 0.437 e. The second-order valence-corrected chi connectivity index (χ2v) is 5.42. The first-order valence-corrected chi connectivity index (χ1v) is 7.20. The lowest BCUT2D eigenvalue weighted by molar-refractivity contribution is 0.445. The Morgan fingerprint density at radius 2 is 2.09 bits per heavy atom. The van der Waals surface area contributed by atoms with Crippen molar-refractivity contribution < 1.29 is 9.15 Å². The maximum absolute atomic E-state index is 11.5. The van der Waals surface area contributed by atoms with Gasteiger partial charge in [0.15, 0.2) is 11.4 Å². The minimum atomic E-state index is -0.415. The molecule has 4 rings (SSSR count). The summed E-state index contributed by atoms with van der Waals surface area (Å²) in [7, 11) is 0. The zero-order valence-corrected chi connectivity index (χ0v) is 12.7. The predicted octanol–water partition coefficient (Wildman–Crippen LogP) is 3.59. The number of benzene rings is 1. The molecule has 3 aromatic heterocycles. The van der Waals surface area contributed by atoms with Crippen molar-refractivity contribution in [1.82, 2.24) is 14.6 Å². The Hall–Kier alpha value is -2.86. The molecule has 4 aromatic rings. The van der Waals surface area contributed by atoms with Crippen molar-refractivity contribution in [3.8, 4) is 11.6 Å². The maximum atomic E-state index is 11.5. The number of fused-ring (bicyclic) bond motifs is 2. The van der Waals surface area contributed by atoms with Gasteiger partial charge in [0, 0.05) is 35.8 Å². The van der Waals surface area contributed by atoms with Crippen LogP contribution in [0.1, 0.15) is 5.56 Å². The molecule has 6 nitrogen and oxygen atoms in total. The van der Waals surface area contributed by atoms with Crippen LogP contribution in [0.3, 0.4) is 0 Å². The molecule has 0 aliphatic heterocycles. The van der Waals surface area contributed by atoms with E-state index < -0.39 is 5.63 Å². The van der Waals surface area contributed by atoms with E-state index in [2.05, 4.69) is 10.1 Å². The van der Waals surface area contributed by atoms with Crippen LogP contribution in [0.15, 0.2) is 51.9 Å². The Bertz CT molecular complexity index is 1100. The van der Waals surface area contributed by atoms with Gasteiger partial charge in [-0.05, 0) is 18.6 Å². The Labute approximate surface area is 134 Å². The van der Waals surface area contributed by atoms with Crippen LogP contribution in [0.5, 0.6) is 11.6 Å². The lowest BCUT2D eigenvalue weighted by atomic mass is 10.1. The van der Waals surface area contributed by atoms with Crippen LogP contribution in [0.4, 0.5) is 0 Å². The number of rotatable bonds is 2. The van der Waals surface area contributed by atoms with E-state index >= 15 is 0 Å². The van der Waals surface area contributed by atoms with Crippen molar-refractivity contribution in [2.75, 3.05) is 0 Å². The van der Waals surface area contributed by atoms with Crippen molar-refractivity contribution in [2.24, 2.45) is 0 Å². The van der Waals surface area contributed by atoms with Crippen LogP contribution in [0.25, 0.3) is 16.6 Å². The van der Waals surface area contributed by atoms with Gasteiger partial charge in [0.05, 0.1) is 11.2 Å². The van der Waals surface area contributed by atoms with Gasteiger partial charge in [0.25, 0.3) is 0 Å². The van der Waals surface area contributed by atoms with Crippen molar-refractivity contribution in [1.29, 1.82) is 0 Å². The molecule has 3 heterocycles. The highest BCUT2D eigenvalue weighted by Gasteiger charge is 2.12. The standard InChI is InChI=1S/C16H10ClN3O3/c1-9-6-16(21)23-12-8-13(11(17)7-10(9)12)22-15-3-4-18-14-2-5-19-20(14)15/h2-8H,1H3. The molecule has 0 bridgehead atoms. The van der Waals surface area contributed by atoms with Crippen molar-refractivity contribution in [2.45, 2.75) is 6.92 Å². The summed E-state index contributed by atoms with van der Waals surface area (Å²) < 4.78 is 12.6. The maximum Gasteiger partial charge on any atom is 0.336 e. The molecular formula is C16H10ClN3O3. The van der Waals surface area contributed by atoms with Gasteiger partial charge in [-0.3, -0.25) is 0 Å². The average Bonchev–Trinajstić information content (AvgIpc) is 2.98. The van der Waals surface area contributed by atoms with Crippen molar-refractivity contribution in [3.05, 3.63) is 63.7 Å². The number of ether oxygens (including phenoxy) is 1. The number of aromatic nitrogens is 3. The van der Waals surface area contributed by atoms with E-state index in [0.29, 0.717) is 27.9 Å². The van der Waals surface area contributed by atoms with Gasteiger partial charge in [0.1, 0.15) is 5.58 Å². The monoisotopic (exact) mass is 327 g/mol. The molecule has 0 fully saturated rings. The third-order valence-electron chi connectivity index (χ3n) is 3.47. The fraction of sp³-hybridized carbons (Fsp3) is 0.0625. The molecule has 0 unspecified atom stereocenters. The molecule has 114 valence electrons. The Kier molecular flexibility index (Phi) is 3.06. The highest BCUT2D eigenvalue weighted by atomic mass is 35.5. The van der Waals surface area contributed by atoms with Gasteiger partial charge < -0.3 is 9.15 Å². The smallest absolute Gasteiger partial charge is 0.336 e. The molecule has 0 atom stereocenters. The Morgan fingerprint density at radius 3 is 2.96 bits per heavy atom. The van der Waals surface area contributed by atoms with E-state index in [1.807, 2.05) is 6.92 Å². The van der Waals surface area contributed by atoms with E-state index in [9.17, 15) is 4.79 Å². The molecule has 0 saturated carbocycles. The highest BCUT2D eigenvalue weighted by molar-refractivity contribution is 6.32. The van der Waals surface area contributed by atoms with Crippen LogP contribution >= 0.6 is 11.6 Å². The molecule has 0 saturated heterocycles. The summed E-state index contributed by atoms with van der Waals surface area (Å²) in [6.07, 6.45) is 3.24. The zero-order chi connectivity index (χ0) is 16.0. The van der Waals surface area contributed by atoms with Crippen LogP contribution in [0, 0.1) is 6.92 Å². The Morgan fingerprint density at radius 1 is 1.22 bits per heavy atom. The van der Waals surface area contributed by atoms with Crippen LogP contribution in [0.2, 0.25) is 5.02 Å². The molecule has 0 spiro atoms. The third-order valence-corrected chi connectivity index (χ3v) is 3.77. The lowest BCUT2D eigenvalue weighted by Crippen LogP contribution is -1.99. The van der Waals surface area contributed by atoms with Gasteiger partial charge in [-0.1, -0.05) is 11.6 Å². The first kappa shape index (κ1) is 13.8. The topological polar surface area (TPSA) is 69.6 Å². The molecular weight excluding hydrogens is 318 g/mol. The first-order chi connectivity index (χ1) is 11.1. The summed E-state index contributed by atoms with van der Waals surface area (Å²) >= 11 is 6.30. The second-order valence-electron chi connectivity index (χ2n) is 5.01. The van der Waals surface area contributed by atoms with Crippen LogP contribution < -0.4 is 10.4 Å². The summed E-state index contributed by atoms with van der Waals surface area (Å²) in [5, 5.41) is 5.32. The van der Waals surface area contributed by atoms with Crippen molar-refractivity contribution >= 4 is 28.2 Å².